The van der Waals surface area contributed by atoms with Gasteiger partial charge in [0.05, 0.1) is 6.61 Å². The molecule has 0 fully saturated rings. The molecule has 5 heteroatoms. The summed E-state index contributed by atoms with van der Waals surface area (Å²) < 4.78 is 18.9. The molecule has 0 heterocycles. The van der Waals surface area contributed by atoms with E-state index in [0.717, 1.165) is 41.9 Å². The maximum atomic E-state index is 13.0. The fourth-order valence-electron chi connectivity index (χ4n) is 1.59. The molecule has 0 aliphatic heterocycles. The van der Waals surface area contributed by atoms with Gasteiger partial charge in [-0.25, -0.2) is 4.39 Å². The van der Waals surface area contributed by atoms with Crippen molar-refractivity contribution in [3.8, 4) is 0 Å². The molecule has 0 aliphatic carbocycles. The number of halogens is 2. The molecule has 0 spiro atoms. The third-order valence-electron chi connectivity index (χ3n) is 2.61. The summed E-state index contributed by atoms with van der Waals surface area (Å²) in [7, 11) is 3.77. The maximum absolute atomic E-state index is 13.0. The van der Waals surface area contributed by atoms with Gasteiger partial charge in [0.1, 0.15) is 5.82 Å². The summed E-state index contributed by atoms with van der Waals surface area (Å²) in [5, 5.41) is 3.30. The van der Waals surface area contributed by atoms with E-state index in [1.165, 1.54) is 6.07 Å². The molecule has 0 saturated carbocycles. The first kappa shape index (κ1) is 15.8. The second-order valence-corrected chi connectivity index (χ2v) is 5.38. The van der Waals surface area contributed by atoms with Gasteiger partial charge in [0.15, 0.2) is 0 Å². The van der Waals surface area contributed by atoms with Crippen LogP contribution in [0.15, 0.2) is 18.2 Å². The highest BCUT2D eigenvalue weighted by Crippen LogP contribution is 2.15. The van der Waals surface area contributed by atoms with Crippen LogP contribution in [0.4, 0.5) is 4.39 Å². The van der Waals surface area contributed by atoms with Crippen molar-refractivity contribution in [3.05, 3.63) is 33.1 Å². The number of rotatable bonds is 8. The van der Waals surface area contributed by atoms with Crippen molar-refractivity contribution in [3.63, 3.8) is 0 Å². The lowest BCUT2D eigenvalue weighted by Crippen LogP contribution is -2.30. The van der Waals surface area contributed by atoms with Crippen LogP contribution in [0.3, 0.4) is 0 Å². The van der Waals surface area contributed by atoms with E-state index in [-0.39, 0.29) is 5.82 Å². The van der Waals surface area contributed by atoms with Gasteiger partial charge >= 0.3 is 0 Å². The van der Waals surface area contributed by atoms with Crippen LogP contribution in [0.25, 0.3) is 0 Å². The number of hydrogen-bond donors (Lipinski definition) is 1. The zero-order chi connectivity index (χ0) is 13.4. The molecule has 0 aliphatic rings. The Kier molecular flexibility index (Phi) is 7.73. The molecule has 102 valence electrons. The predicted octanol–water partition coefficient (Wildman–Crippen LogP) is 2.10. The van der Waals surface area contributed by atoms with Gasteiger partial charge in [-0.05, 0) is 47.3 Å². The summed E-state index contributed by atoms with van der Waals surface area (Å²) in [4.78, 5) is 2.22. The second-order valence-electron chi connectivity index (χ2n) is 4.22. The molecule has 18 heavy (non-hydrogen) atoms. The summed E-state index contributed by atoms with van der Waals surface area (Å²) >= 11 is 2.18. The van der Waals surface area contributed by atoms with Crippen LogP contribution in [0.2, 0.25) is 0 Å². The molecule has 0 unspecified atom stereocenters. The molecule has 1 aromatic rings. The molecule has 1 N–H and O–H groups in total. The van der Waals surface area contributed by atoms with E-state index in [1.54, 1.807) is 13.2 Å². The SMILES string of the molecule is COCCNCCN(C)Cc1ccc(F)cc1I. The Morgan fingerprint density at radius 3 is 2.83 bits per heavy atom. The minimum Gasteiger partial charge on any atom is -0.383 e. The lowest BCUT2D eigenvalue weighted by Gasteiger charge is -2.18. The largest absolute Gasteiger partial charge is 0.383 e. The number of methoxy groups -OCH3 is 1. The molecule has 0 atom stereocenters. The van der Waals surface area contributed by atoms with Gasteiger partial charge in [-0.1, -0.05) is 6.07 Å². The van der Waals surface area contributed by atoms with Gasteiger partial charge in [-0.15, -0.1) is 0 Å². The summed E-state index contributed by atoms with van der Waals surface area (Å²) in [6.45, 7) is 4.33. The molecular formula is C13H20FIN2O. The van der Waals surface area contributed by atoms with Crippen molar-refractivity contribution >= 4 is 22.6 Å². The number of nitrogens with one attached hydrogen (secondary N) is 1. The normalized spacial score (nSPS) is 11.2. The van der Waals surface area contributed by atoms with Crippen molar-refractivity contribution in [1.82, 2.24) is 10.2 Å². The van der Waals surface area contributed by atoms with Crippen LogP contribution >= 0.6 is 22.6 Å². The van der Waals surface area contributed by atoms with Crippen molar-refractivity contribution in [2.45, 2.75) is 6.54 Å². The van der Waals surface area contributed by atoms with E-state index >= 15 is 0 Å². The Bertz CT molecular complexity index is 363. The molecule has 0 amide bonds. The Balaban J connectivity index is 2.28. The lowest BCUT2D eigenvalue weighted by atomic mass is 10.2. The lowest BCUT2D eigenvalue weighted by molar-refractivity contribution is 0.197. The summed E-state index contributed by atoms with van der Waals surface area (Å²) in [5.74, 6) is -0.174. The Labute approximate surface area is 122 Å². The predicted molar refractivity (Wildman–Crippen MR) is 80.2 cm³/mol. The highest BCUT2D eigenvalue weighted by atomic mass is 127. The first-order valence-corrected chi connectivity index (χ1v) is 7.03. The van der Waals surface area contributed by atoms with E-state index in [0.29, 0.717) is 0 Å². The Hall–Kier alpha value is -0.240. The van der Waals surface area contributed by atoms with Gasteiger partial charge < -0.3 is 15.0 Å². The van der Waals surface area contributed by atoms with Crippen molar-refractivity contribution < 1.29 is 9.13 Å². The zero-order valence-electron chi connectivity index (χ0n) is 10.9. The Morgan fingerprint density at radius 1 is 1.39 bits per heavy atom. The number of benzene rings is 1. The van der Waals surface area contributed by atoms with Gasteiger partial charge in [0.2, 0.25) is 0 Å². The van der Waals surface area contributed by atoms with Gasteiger partial charge in [-0.3, -0.25) is 0 Å². The van der Waals surface area contributed by atoms with Gasteiger partial charge in [0.25, 0.3) is 0 Å². The minimum atomic E-state index is -0.174. The van der Waals surface area contributed by atoms with E-state index in [4.69, 9.17) is 4.74 Å². The van der Waals surface area contributed by atoms with Crippen LogP contribution < -0.4 is 5.32 Å². The monoisotopic (exact) mass is 366 g/mol. The first-order chi connectivity index (χ1) is 8.63. The molecule has 1 rings (SSSR count). The second kappa shape index (κ2) is 8.79. The topological polar surface area (TPSA) is 24.5 Å². The number of ether oxygens (including phenoxy) is 1. The highest BCUT2D eigenvalue weighted by Gasteiger charge is 2.04. The van der Waals surface area contributed by atoms with E-state index in [9.17, 15) is 4.39 Å². The molecule has 1 aromatic carbocycles. The van der Waals surface area contributed by atoms with E-state index in [2.05, 4.69) is 39.9 Å². The number of likely N-dealkylation sites (N-methyl/N-ethyl adjacent to an activating group) is 1. The fraction of sp³-hybridized carbons (Fsp3) is 0.538. The molecule has 0 aromatic heterocycles. The van der Waals surface area contributed by atoms with Gasteiger partial charge in [-0.2, -0.15) is 0 Å². The van der Waals surface area contributed by atoms with Crippen LogP contribution in [0.5, 0.6) is 0 Å². The maximum Gasteiger partial charge on any atom is 0.124 e. The number of nitrogens with zero attached hydrogens (tertiary/aromatic N) is 1. The van der Waals surface area contributed by atoms with Crippen LogP contribution in [-0.4, -0.2) is 45.3 Å². The standard InChI is InChI=1S/C13H20FIN2O/c1-17(7-5-16-6-8-18-2)10-11-3-4-12(14)9-13(11)15/h3-4,9,16H,5-8,10H2,1-2H3. The van der Waals surface area contributed by atoms with E-state index < -0.39 is 0 Å². The van der Waals surface area contributed by atoms with E-state index in [1.807, 2.05) is 6.07 Å². The molecular weight excluding hydrogens is 346 g/mol. The van der Waals surface area contributed by atoms with Crippen LogP contribution in [0.1, 0.15) is 5.56 Å². The summed E-state index contributed by atoms with van der Waals surface area (Å²) in [5.41, 5.74) is 1.16. The summed E-state index contributed by atoms with van der Waals surface area (Å²) in [6, 6.07) is 4.94. The molecule has 0 saturated heterocycles. The first-order valence-electron chi connectivity index (χ1n) is 5.95. The van der Waals surface area contributed by atoms with Crippen molar-refractivity contribution in [2.75, 3.05) is 40.4 Å². The quantitative estimate of drug-likeness (QED) is 0.564. The highest BCUT2D eigenvalue weighted by molar-refractivity contribution is 14.1. The zero-order valence-corrected chi connectivity index (χ0v) is 13.0. The molecule has 3 nitrogen and oxygen atoms in total. The van der Waals surface area contributed by atoms with Crippen LogP contribution in [0, 0.1) is 9.39 Å². The third kappa shape index (κ3) is 6.08. The fourth-order valence-corrected chi connectivity index (χ4v) is 2.24. The molecule has 0 bridgehead atoms. The average Bonchev–Trinajstić information content (AvgIpc) is 2.32. The third-order valence-corrected chi connectivity index (χ3v) is 3.61. The summed E-state index contributed by atoms with van der Waals surface area (Å²) in [6.07, 6.45) is 0. The van der Waals surface area contributed by atoms with Crippen molar-refractivity contribution in [1.29, 1.82) is 0 Å². The Morgan fingerprint density at radius 2 is 2.17 bits per heavy atom. The van der Waals surface area contributed by atoms with Gasteiger partial charge in [0, 0.05) is 36.9 Å². The average molecular weight is 366 g/mol. The molecule has 0 radical (unpaired) electrons. The number of hydrogen-bond acceptors (Lipinski definition) is 3. The van der Waals surface area contributed by atoms with Crippen LogP contribution in [-0.2, 0) is 11.3 Å². The smallest absolute Gasteiger partial charge is 0.124 e. The minimum absolute atomic E-state index is 0.174. The van der Waals surface area contributed by atoms with Crippen molar-refractivity contribution in [2.24, 2.45) is 0 Å².